The number of nitrogens with one attached hydrogen (secondary N) is 1. The standard InChI is InChI=1S/C13H17N3O/c1-10-2-5-15-13(12(10)8-14)16-6-3-11-4-7-17-9-11/h2,5,11H,3-4,6-7,9H2,1H3,(H,15,16). The Hall–Kier alpha value is -1.60. The molecule has 90 valence electrons. The smallest absolute Gasteiger partial charge is 0.144 e. The van der Waals surface area contributed by atoms with Crippen LogP contribution in [0.15, 0.2) is 12.3 Å². The maximum Gasteiger partial charge on any atom is 0.144 e. The average Bonchev–Trinajstić information content (AvgIpc) is 2.82. The third-order valence-electron chi connectivity index (χ3n) is 3.14. The highest BCUT2D eigenvalue weighted by Gasteiger charge is 2.15. The van der Waals surface area contributed by atoms with Crippen LogP contribution in [0.4, 0.5) is 5.82 Å². The van der Waals surface area contributed by atoms with Crippen LogP contribution in [0.3, 0.4) is 0 Å². The first-order valence-electron chi connectivity index (χ1n) is 5.98. The number of aryl methyl sites for hydroxylation is 1. The molecule has 2 rings (SSSR count). The summed E-state index contributed by atoms with van der Waals surface area (Å²) >= 11 is 0. The summed E-state index contributed by atoms with van der Waals surface area (Å²) in [5, 5.41) is 12.3. The zero-order chi connectivity index (χ0) is 12.1. The monoisotopic (exact) mass is 231 g/mol. The first-order chi connectivity index (χ1) is 8.31. The Morgan fingerprint density at radius 1 is 1.65 bits per heavy atom. The van der Waals surface area contributed by atoms with Crippen LogP contribution in [0.1, 0.15) is 24.0 Å². The number of rotatable bonds is 4. The lowest BCUT2D eigenvalue weighted by Crippen LogP contribution is -2.11. The van der Waals surface area contributed by atoms with E-state index in [4.69, 9.17) is 10.00 Å². The Bertz CT molecular complexity index is 419. The Kier molecular flexibility index (Phi) is 3.94. The van der Waals surface area contributed by atoms with E-state index >= 15 is 0 Å². The SMILES string of the molecule is Cc1ccnc(NCCC2CCOC2)c1C#N. The van der Waals surface area contributed by atoms with Crippen molar-refractivity contribution in [1.82, 2.24) is 4.98 Å². The summed E-state index contributed by atoms with van der Waals surface area (Å²) in [4.78, 5) is 4.21. The molecule has 1 aliphatic rings. The van der Waals surface area contributed by atoms with Crippen LogP contribution in [-0.4, -0.2) is 24.7 Å². The molecule has 0 radical (unpaired) electrons. The van der Waals surface area contributed by atoms with Gasteiger partial charge in [-0.05, 0) is 37.3 Å². The van der Waals surface area contributed by atoms with Gasteiger partial charge in [-0.1, -0.05) is 0 Å². The number of nitrogens with zero attached hydrogens (tertiary/aromatic N) is 2. The fourth-order valence-electron chi connectivity index (χ4n) is 2.04. The molecule has 0 bridgehead atoms. The minimum atomic E-state index is 0.648. The molecule has 1 unspecified atom stereocenters. The van der Waals surface area contributed by atoms with Crippen LogP contribution in [0.25, 0.3) is 0 Å². The Balaban J connectivity index is 1.90. The lowest BCUT2D eigenvalue weighted by Gasteiger charge is -2.10. The van der Waals surface area contributed by atoms with Gasteiger partial charge in [0, 0.05) is 26.0 Å². The predicted molar refractivity (Wildman–Crippen MR) is 65.7 cm³/mol. The molecule has 2 heterocycles. The zero-order valence-corrected chi connectivity index (χ0v) is 10.1. The van der Waals surface area contributed by atoms with Crippen LogP contribution in [0, 0.1) is 24.2 Å². The molecule has 1 aliphatic heterocycles. The molecule has 1 aromatic heterocycles. The van der Waals surface area contributed by atoms with Gasteiger partial charge in [-0.15, -0.1) is 0 Å². The van der Waals surface area contributed by atoms with Crippen molar-refractivity contribution in [3.8, 4) is 6.07 Å². The maximum atomic E-state index is 9.06. The van der Waals surface area contributed by atoms with E-state index in [1.54, 1.807) is 6.20 Å². The van der Waals surface area contributed by atoms with E-state index in [9.17, 15) is 0 Å². The topological polar surface area (TPSA) is 57.9 Å². The number of hydrogen-bond donors (Lipinski definition) is 1. The summed E-state index contributed by atoms with van der Waals surface area (Å²) in [6.45, 7) is 4.53. The molecule has 1 atom stereocenters. The van der Waals surface area contributed by atoms with Crippen molar-refractivity contribution in [2.45, 2.75) is 19.8 Å². The van der Waals surface area contributed by atoms with E-state index in [0.29, 0.717) is 17.3 Å². The fraction of sp³-hybridized carbons (Fsp3) is 0.538. The van der Waals surface area contributed by atoms with Gasteiger partial charge >= 0.3 is 0 Å². The van der Waals surface area contributed by atoms with Crippen molar-refractivity contribution < 1.29 is 4.74 Å². The fourth-order valence-corrected chi connectivity index (χ4v) is 2.04. The van der Waals surface area contributed by atoms with Gasteiger partial charge in [-0.2, -0.15) is 5.26 Å². The van der Waals surface area contributed by atoms with Crippen LogP contribution in [-0.2, 0) is 4.74 Å². The maximum absolute atomic E-state index is 9.06. The van der Waals surface area contributed by atoms with Crippen molar-refractivity contribution in [1.29, 1.82) is 5.26 Å². The molecule has 0 saturated carbocycles. The van der Waals surface area contributed by atoms with Gasteiger partial charge in [-0.3, -0.25) is 0 Å². The Morgan fingerprint density at radius 2 is 2.53 bits per heavy atom. The molecular weight excluding hydrogens is 214 g/mol. The number of anilines is 1. The van der Waals surface area contributed by atoms with Crippen LogP contribution in [0.2, 0.25) is 0 Å². The van der Waals surface area contributed by atoms with Crippen molar-refractivity contribution in [3.05, 3.63) is 23.4 Å². The van der Waals surface area contributed by atoms with E-state index in [-0.39, 0.29) is 0 Å². The van der Waals surface area contributed by atoms with Crippen molar-refractivity contribution in [3.63, 3.8) is 0 Å². The number of ether oxygens (including phenoxy) is 1. The van der Waals surface area contributed by atoms with Crippen molar-refractivity contribution in [2.75, 3.05) is 25.1 Å². The molecule has 1 fully saturated rings. The summed E-state index contributed by atoms with van der Waals surface area (Å²) in [7, 11) is 0. The number of hydrogen-bond acceptors (Lipinski definition) is 4. The van der Waals surface area contributed by atoms with E-state index in [0.717, 1.165) is 38.2 Å². The summed E-state index contributed by atoms with van der Waals surface area (Å²) in [6.07, 6.45) is 3.95. The van der Waals surface area contributed by atoms with E-state index in [1.165, 1.54) is 0 Å². The minimum Gasteiger partial charge on any atom is -0.381 e. The summed E-state index contributed by atoms with van der Waals surface area (Å²) < 4.78 is 5.33. The second kappa shape index (κ2) is 5.65. The van der Waals surface area contributed by atoms with Gasteiger partial charge < -0.3 is 10.1 Å². The molecule has 0 spiro atoms. The van der Waals surface area contributed by atoms with Gasteiger partial charge in [0.1, 0.15) is 11.9 Å². The zero-order valence-electron chi connectivity index (χ0n) is 10.1. The molecule has 1 aromatic rings. The Morgan fingerprint density at radius 3 is 3.24 bits per heavy atom. The highest BCUT2D eigenvalue weighted by atomic mass is 16.5. The normalized spacial score (nSPS) is 18.9. The minimum absolute atomic E-state index is 0.648. The quantitative estimate of drug-likeness (QED) is 0.862. The van der Waals surface area contributed by atoms with Gasteiger partial charge in [0.05, 0.1) is 5.56 Å². The van der Waals surface area contributed by atoms with Gasteiger partial charge in [0.25, 0.3) is 0 Å². The average molecular weight is 231 g/mol. The summed E-state index contributed by atoms with van der Waals surface area (Å²) in [6, 6.07) is 4.05. The van der Waals surface area contributed by atoms with E-state index < -0.39 is 0 Å². The predicted octanol–water partition coefficient (Wildman–Crippen LogP) is 2.10. The highest BCUT2D eigenvalue weighted by molar-refractivity contribution is 5.55. The van der Waals surface area contributed by atoms with Crippen molar-refractivity contribution >= 4 is 5.82 Å². The second-order valence-electron chi connectivity index (χ2n) is 4.41. The third-order valence-corrected chi connectivity index (χ3v) is 3.14. The van der Waals surface area contributed by atoms with Gasteiger partial charge in [0.15, 0.2) is 0 Å². The third kappa shape index (κ3) is 2.95. The molecule has 4 nitrogen and oxygen atoms in total. The number of pyridine rings is 1. The van der Waals surface area contributed by atoms with Crippen LogP contribution < -0.4 is 5.32 Å². The first kappa shape index (κ1) is 11.9. The lowest BCUT2D eigenvalue weighted by atomic mass is 10.1. The molecule has 4 heteroatoms. The summed E-state index contributed by atoms with van der Waals surface area (Å²) in [5.41, 5.74) is 1.62. The lowest BCUT2D eigenvalue weighted by molar-refractivity contribution is 0.185. The molecule has 17 heavy (non-hydrogen) atoms. The Labute approximate surface area is 102 Å². The second-order valence-corrected chi connectivity index (χ2v) is 4.41. The largest absolute Gasteiger partial charge is 0.381 e. The van der Waals surface area contributed by atoms with Gasteiger partial charge in [-0.25, -0.2) is 4.98 Å². The van der Waals surface area contributed by atoms with Crippen LogP contribution in [0.5, 0.6) is 0 Å². The van der Waals surface area contributed by atoms with Crippen molar-refractivity contribution in [2.24, 2.45) is 5.92 Å². The molecule has 0 aromatic carbocycles. The molecule has 0 amide bonds. The summed E-state index contributed by atoms with van der Waals surface area (Å²) in [5.74, 6) is 1.35. The molecule has 1 saturated heterocycles. The molecule has 1 N–H and O–H groups in total. The first-order valence-corrected chi connectivity index (χ1v) is 5.98. The van der Waals surface area contributed by atoms with E-state index in [2.05, 4.69) is 16.4 Å². The number of nitriles is 1. The van der Waals surface area contributed by atoms with Gasteiger partial charge in [0.2, 0.25) is 0 Å². The number of aromatic nitrogens is 1. The molecular formula is C13H17N3O. The highest BCUT2D eigenvalue weighted by Crippen LogP contribution is 2.18. The molecule has 0 aliphatic carbocycles. The van der Waals surface area contributed by atoms with E-state index in [1.807, 2.05) is 13.0 Å². The van der Waals surface area contributed by atoms with Crippen LogP contribution >= 0.6 is 0 Å².